The number of halogens is 3. The zero-order valence-electron chi connectivity index (χ0n) is 17.5. The Balaban J connectivity index is 1.46. The van der Waals surface area contributed by atoms with Crippen LogP contribution >= 0.6 is 0 Å². The number of rotatable bonds is 5. The Morgan fingerprint density at radius 1 is 0.971 bits per heavy atom. The molecule has 5 aromatic rings. The number of amides is 1. The molecule has 0 unspecified atom stereocenters. The predicted octanol–water partition coefficient (Wildman–Crippen LogP) is 6.24. The molecule has 2 aromatic carbocycles. The molecule has 0 aliphatic heterocycles. The van der Waals surface area contributed by atoms with Gasteiger partial charge in [-0.2, -0.15) is 13.2 Å². The number of carbonyl (C=O) groups is 1. The average Bonchev–Trinajstić information content (AvgIpc) is 3.27. The summed E-state index contributed by atoms with van der Waals surface area (Å²) < 4.78 is 48.9. The Bertz CT molecular complexity index is 1510. The van der Waals surface area contributed by atoms with E-state index in [0.29, 0.717) is 33.4 Å². The first-order valence-electron chi connectivity index (χ1n) is 10.2. The number of carbonyl (C=O) groups excluding carboxylic acids is 1. The van der Waals surface area contributed by atoms with Crippen molar-refractivity contribution in [1.82, 2.24) is 9.97 Å². The zero-order chi connectivity index (χ0) is 23.7. The number of anilines is 1. The third-order valence-electron chi connectivity index (χ3n) is 5.07. The van der Waals surface area contributed by atoms with Crippen LogP contribution in [-0.2, 0) is 0 Å². The van der Waals surface area contributed by atoms with Crippen LogP contribution in [0, 0.1) is 0 Å². The molecule has 0 bridgehead atoms. The highest BCUT2D eigenvalue weighted by molar-refractivity contribution is 6.06. The summed E-state index contributed by atoms with van der Waals surface area (Å²) in [4.78, 5) is 21.3. The van der Waals surface area contributed by atoms with E-state index in [-0.39, 0.29) is 11.5 Å². The number of benzene rings is 2. The van der Waals surface area contributed by atoms with E-state index in [1.807, 2.05) is 0 Å². The molecular formula is C25H16F3N3O3. The van der Waals surface area contributed by atoms with Crippen LogP contribution in [0.3, 0.4) is 0 Å². The fourth-order valence-electron chi connectivity index (χ4n) is 3.57. The molecule has 0 spiro atoms. The maximum atomic E-state index is 12.8. The summed E-state index contributed by atoms with van der Waals surface area (Å²) in [7, 11) is 0. The molecule has 0 radical (unpaired) electrons. The molecule has 0 atom stereocenters. The second-order valence-electron chi connectivity index (χ2n) is 7.45. The van der Waals surface area contributed by atoms with Crippen molar-refractivity contribution >= 4 is 33.6 Å². The van der Waals surface area contributed by atoms with Crippen LogP contribution in [0.4, 0.5) is 19.0 Å². The van der Waals surface area contributed by atoms with Crippen LogP contribution in [0.15, 0.2) is 83.5 Å². The number of hydrogen-bond donors (Lipinski definition) is 1. The first-order valence-corrected chi connectivity index (χ1v) is 10.2. The van der Waals surface area contributed by atoms with Gasteiger partial charge in [0.25, 0.3) is 5.91 Å². The number of fused-ring (bicyclic) bond motifs is 2. The second kappa shape index (κ2) is 8.51. The van der Waals surface area contributed by atoms with E-state index in [4.69, 9.17) is 9.15 Å². The molecule has 0 aliphatic rings. The van der Waals surface area contributed by atoms with Crippen LogP contribution in [0.2, 0.25) is 0 Å². The summed E-state index contributed by atoms with van der Waals surface area (Å²) in [5.41, 5.74) is 1.96. The molecule has 0 aliphatic carbocycles. The van der Waals surface area contributed by atoms with Gasteiger partial charge < -0.3 is 14.5 Å². The minimum absolute atomic E-state index is 0.0350. The number of para-hydroxylation sites is 2. The number of nitrogens with zero attached hydrogens (tertiary/aromatic N) is 2. The van der Waals surface area contributed by atoms with Crippen molar-refractivity contribution in [3.63, 3.8) is 0 Å². The van der Waals surface area contributed by atoms with Crippen LogP contribution in [-0.4, -0.2) is 28.7 Å². The summed E-state index contributed by atoms with van der Waals surface area (Å²) in [6.45, 7) is -1.42. The highest BCUT2D eigenvalue weighted by atomic mass is 19.4. The van der Waals surface area contributed by atoms with Gasteiger partial charge in [0.15, 0.2) is 12.4 Å². The summed E-state index contributed by atoms with van der Waals surface area (Å²) in [5, 5.41) is 4.16. The fourth-order valence-corrected chi connectivity index (χ4v) is 3.57. The van der Waals surface area contributed by atoms with Gasteiger partial charge in [-0.15, -0.1) is 0 Å². The molecule has 3 aromatic heterocycles. The highest BCUT2D eigenvalue weighted by Crippen LogP contribution is 2.37. The van der Waals surface area contributed by atoms with Crippen molar-refractivity contribution in [2.24, 2.45) is 0 Å². The molecular weight excluding hydrogens is 447 g/mol. The number of aromatic nitrogens is 2. The van der Waals surface area contributed by atoms with E-state index in [9.17, 15) is 18.0 Å². The van der Waals surface area contributed by atoms with E-state index in [1.165, 1.54) is 6.07 Å². The molecule has 3 heterocycles. The lowest BCUT2D eigenvalue weighted by molar-refractivity contribution is -0.153. The third kappa shape index (κ3) is 4.40. The number of pyridine rings is 2. The third-order valence-corrected chi connectivity index (χ3v) is 5.07. The van der Waals surface area contributed by atoms with Crippen LogP contribution < -0.4 is 10.1 Å². The van der Waals surface area contributed by atoms with E-state index in [0.717, 1.165) is 5.39 Å². The SMILES string of the molecule is O=C(Nc1ccc2cnccc2n1)c1cc2cccc(-c3ccccc3OCC(F)(F)F)c2o1. The number of nitrogens with one attached hydrogen (secondary N) is 1. The lowest BCUT2D eigenvalue weighted by Gasteiger charge is -2.13. The summed E-state index contributed by atoms with van der Waals surface area (Å²) in [5.74, 6) is -0.0720. The van der Waals surface area contributed by atoms with E-state index in [1.54, 1.807) is 73.1 Å². The number of hydrogen-bond acceptors (Lipinski definition) is 5. The summed E-state index contributed by atoms with van der Waals surface area (Å²) >= 11 is 0. The Morgan fingerprint density at radius 3 is 2.65 bits per heavy atom. The number of alkyl halides is 3. The van der Waals surface area contributed by atoms with Crippen molar-refractivity contribution in [1.29, 1.82) is 0 Å². The van der Waals surface area contributed by atoms with Gasteiger partial charge in [0.2, 0.25) is 0 Å². The highest BCUT2D eigenvalue weighted by Gasteiger charge is 2.29. The quantitative estimate of drug-likeness (QED) is 0.334. The molecule has 6 nitrogen and oxygen atoms in total. The van der Waals surface area contributed by atoms with E-state index in [2.05, 4.69) is 15.3 Å². The molecule has 0 saturated carbocycles. The molecule has 9 heteroatoms. The Hall–Kier alpha value is -4.40. The first kappa shape index (κ1) is 21.4. The topological polar surface area (TPSA) is 77.2 Å². The smallest absolute Gasteiger partial charge is 0.422 e. The van der Waals surface area contributed by atoms with Gasteiger partial charge >= 0.3 is 6.18 Å². The largest absolute Gasteiger partial charge is 0.483 e. The average molecular weight is 463 g/mol. The van der Waals surface area contributed by atoms with Gasteiger partial charge in [-0.1, -0.05) is 36.4 Å². The van der Waals surface area contributed by atoms with Crippen molar-refractivity contribution in [2.45, 2.75) is 6.18 Å². The van der Waals surface area contributed by atoms with Gasteiger partial charge in [-0.3, -0.25) is 9.78 Å². The van der Waals surface area contributed by atoms with Crippen LogP contribution in [0.1, 0.15) is 10.6 Å². The molecule has 170 valence electrons. The van der Waals surface area contributed by atoms with Crippen molar-refractivity contribution in [3.8, 4) is 16.9 Å². The Morgan fingerprint density at radius 2 is 1.79 bits per heavy atom. The first-order chi connectivity index (χ1) is 16.4. The van der Waals surface area contributed by atoms with Crippen molar-refractivity contribution in [3.05, 3.63) is 84.9 Å². The van der Waals surface area contributed by atoms with Crippen molar-refractivity contribution in [2.75, 3.05) is 11.9 Å². The molecule has 0 saturated heterocycles. The molecule has 1 N–H and O–H groups in total. The Labute approximate surface area is 191 Å². The lowest BCUT2D eigenvalue weighted by atomic mass is 10.0. The number of ether oxygens (including phenoxy) is 1. The monoisotopic (exact) mass is 463 g/mol. The maximum Gasteiger partial charge on any atom is 0.422 e. The fraction of sp³-hybridized carbons (Fsp3) is 0.0800. The normalized spacial score (nSPS) is 11.6. The minimum Gasteiger partial charge on any atom is -0.483 e. The standard InChI is InChI=1S/C25H16F3N3O3/c26-25(27,28)14-33-20-7-2-1-5-17(20)18-6-3-4-15-12-21(34-23(15)18)24(32)31-22-9-8-16-13-29-11-10-19(16)30-22/h1-13H,14H2,(H,30,31,32). The molecule has 0 fully saturated rings. The van der Waals surface area contributed by atoms with E-state index >= 15 is 0 Å². The van der Waals surface area contributed by atoms with E-state index < -0.39 is 18.7 Å². The van der Waals surface area contributed by atoms with Gasteiger partial charge in [-0.05, 0) is 30.3 Å². The zero-order valence-corrected chi connectivity index (χ0v) is 17.5. The van der Waals surface area contributed by atoms with Crippen LogP contribution in [0.25, 0.3) is 33.0 Å². The summed E-state index contributed by atoms with van der Waals surface area (Å²) in [6.07, 6.45) is -1.19. The second-order valence-corrected chi connectivity index (χ2v) is 7.45. The predicted molar refractivity (Wildman–Crippen MR) is 121 cm³/mol. The summed E-state index contributed by atoms with van der Waals surface area (Å²) in [6, 6.07) is 18.3. The van der Waals surface area contributed by atoms with Crippen LogP contribution in [0.5, 0.6) is 5.75 Å². The van der Waals surface area contributed by atoms with Gasteiger partial charge in [0, 0.05) is 34.3 Å². The molecule has 5 rings (SSSR count). The van der Waals surface area contributed by atoms with Gasteiger partial charge in [-0.25, -0.2) is 4.98 Å². The number of furan rings is 1. The molecule has 34 heavy (non-hydrogen) atoms. The minimum atomic E-state index is -4.47. The molecule has 1 amide bonds. The van der Waals surface area contributed by atoms with Gasteiger partial charge in [0.1, 0.15) is 17.2 Å². The van der Waals surface area contributed by atoms with Gasteiger partial charge in [0.05, 0.1) is 5.52 Å². The Kier molecular flexibility index (Phi) is 5.37. The van der Waals surface area contributed by atoms with Crippen molar-refractivity contribution < 1.29 is 27.1 Å². The maximum absolute atomic E-state index is 12.8. The lowest BCUT2D eigenvalue weighted by Crippen LogP contribution is -2.19.